The van der Waals surface area contributed by atoms with E-state index >= 15 is 0 Å². The minimum absolute atomic E-state index is 0.0743. The number of nitrogens with one attached hydrogen (secondary N) is 1. The highest BCUT2D eigenvalue weighted by atomic mass is 32.2. The van der Waals surface area contributed by atoms with Crippen LogP contribution in [0.25, 0.3) is 0 Å². The van der Waals surface area contributed by atoms with Gasteiger partial charge in [-0.25, -0.2) is 4.79 Å². The second-order valence-corrected chi connectivity index (χ2v) is 6.82. The molecular formula is C18H17NO4S. The van der Waals surface area contributed by atoms with Crippen LogP contribution >= 0.6 is 11.8 Å². The standard InChI is InChI=1S/C18H17NO4S/c1-10-7-11-8-16(24-15(11)9-14(10)23-2)17(20)19-13-6-4-3-5-12(13)18(21)22/h3-8,15H,9H2,1-2H3,(H,19,20)(H,21,22). The summed E-state index contributed by atoms with van der Waals surface area (Å²) >= 11 is 1.48. The third-order valence-electron chi connectivity index (χ3n) is 4.01. The highest BCUT2D eigenvalue weighted by Crippen LogP contribution is 2.43. The molecule has 124 valence electrons. The Morgan fingerprint density at radius 3 is 2.75 bits per heavy atom. The number of carbonyl (C=O) groups excluding carboxylic acids is 1. The van der Waals surface area contributed by atoms with Crippen LogP contribution < -0.4 is 5.32 Å². The summed E-state index contributed by atoms with van der Waals surface area (Å²) in [6.07, 6.45) is 4.65. The zero-order chi connectivity index (χ0) is 17.3. The minimum Gasteiger partial charge on any atom is -0.501 e. The van der Waals surface area contributed by atoms with E-state index in [9.17, 15) is 14.7 Å². The smallest absolute Gasteiger partial charge is 0.337 e. The third kappa shape index (κ3) is 3.10. The van der Waals surface area contributed by atoms with E-state index in [0.29, 0.717) is 10.6 Å². The Kier molecular flexibility index (Phi) is 4.49. The number of ether oxygens (including phenoxy) is 1. The highest BCUT2D eigenvalue weighted by molar-refractivity contribution is 8.05. The molecule has 1 aliphatic heterocycles. The number of carbonyl (C=O) groups is 2. The van der Waals surface area contributed by atoms with Gasteiger partial charge in [-0.1, -0.05) is 18.2 Å². The quantitative estimate of drug-likeness (QED) is 0.874. The first kappa shape index (κ1) is 16.4. The van der Waals surface area contributed by atoms with Gasteiger partial charge in [-0.15, -0.1) is 11.8 Å². The van der Waals surface area contributed by atoms with E-state index in [4.69, 9.17) is 4.74 Å². The minimum atomic E-state index is -1.07. The van der Waals surface area contributed by atoms with Gasteiger partial charge in [0.2, 0.25) is 0 Å². The first-order valence-corrected chi connectivity index (χ1v) is 8.35. The molecule has 1 aliphatic carbocycles. The normalized spacial score (nSPS) is 19.3. The summed E-state index contributed by atoms with van der Waals surface area (Å²) < 4.78 is 5.38. The molecule has 0 radical (unpaired) electrons. The number of fused-ring (bicyclic) bond motifs is 1. The summed E-state index contributed by atoms with van der Waals surface area (Å²) in [5.74, 6) is -0.428. The number of hydrogen-bond donors (Lipinski definition) is 2. The van der Waals surface area contributed by atoms with Crippen molar-refractivity contribution >= 4 is 29.3 Å². The van der Waals surface area contributed by atoms with E-state index in [2.05, 4.69) is 5.32 Å². The predicted octanol–water partition coefficient (Wildman–Crippen LogP) is 3.57. The van der Waals surface area contributed by atoms with Crippen molar-refractivity contribution in [2.45, 2.75) is 18.6 Å². The lowest BCUT2D eigenvalue weighted by Gasteiger charge is -2.20. The molecule has 24 heavy (non-hydrogen) atoms. The molecule has 2 N–H and O–H groups in total. The average molecular weight is 343 g/mol. The fourth-order valence-corrected chi connectivity index (χ4v) is 3.96. The topological polar surface area (TPSA) is 75.6 Å². The Labute approximate surface area is 144 Å². The first-order valence-electron chi connectivity index (χ1n) is 7.47. The van der Waals surface area contributed by atoms with Gasteiger partial charge in [0.1, 0.15) is 0 Å². The fraction of sp³-hybridized carbons (Fsp3) is 0.222. The summed E-state index contributed by atoms with van der Waals surface area (Å²) in [5.41, 5.74) is 2.53. The number of thioether (sulfide) groups is 1. The largest absolute Gasteiger partial charge is 0.501 e. The summed E-state index contributed by atoms with van der Waals surface area (Å²) in [7, 11) is 1.65. The van der Waals surface area contributed by atoms with Gasteiger partial charge in [-0.05, 0) is 36.3 Å². The maximum Gasteiger partial charge on any atom is 0.337 e. The predicted molar refractivity (Wildman–Crippen MR) is 93.9 cm³/mol. The molecule has 0 saturated heterocycles. The van der Waals surface area contributed by atoms with Gasteiger partial charge in [0, 0.05) is 11.7 Å². The summed E-state index contributed by atoms with van der Waals surface area (Å²) in [4.78, 5) is 24.3. The third-order valence-corrected chi connectivity index (χ3v) is 5.29. The number of methoxy groups -OCH3 is 1. The van der Waals surface area contributed by atoms with E-state index in [1.807, 2.05) is 19.1 Å². The van der Waals surface area contributed by atoms with Crippen LogP contribution in [0.5, 0.6) is 0 Å². The van der Waals surface area contributed by atoms with Crippen LogP contribution in [0.1, 0.15) is 23.7 Å². The Morgan fingerprint density at radius 2 is 2.04 bits per heavy atom. The van der Waals surface area contributed by atoms with Gasteiger partial charge in [-0.2, -0.15) is 0 Å². The second kappa shape index (κ2) is 6.57. The van der Waals surface area contributed by atoms with Gasteiger partial charge < -0.3 is 15.2 Å². The molecule has 0 bridgehead atoms. The first-order chi connectivity index (χ1) is 11.5. The maximum absolute atomic E-state index is 12.5. The second-order valence-electron chi connectivity index (χ2n) is 5.58. The summed E-state index contributed by atoms with van der Waals surface area (Å²) in [6, 6.07) is 6.37. The van der Waals surface area contributed by atoms with Gasteiger partial charge in [0.25, 0.3) is 5.91 Å². The highest BCUT2D eigenvalue weighted by Gasteiger charge is 2.31. The lowest BCUT2D eigenvalue weighted by molar-refractivity contribution is -0.112. The molecule has 1 amide bonds. The number of anilines is 1. The summed E-state index contributed by atoms with van der Waals surface area (Å²) in [5, 5.41) is 12.1. The Bertz CT molecular complexity index is 807. The monoisotopic (exact) mass is 343 g/mol. The van der Waals surface area contributed by atoms with Gasteiger partial charge in [0.05, 0.1) is 29.0 Å². The molecule has 2 aliphatic rings. The van der Waals surface area contributed by atoms with Crippen molar-refractivity contribution in [2.75, 3.05) is 12.4 Å². The number of carboxylic acids is 1. The van der Waals surface area contributed by atoms with Crippen LogP contribution in [0.4, 0.5) is 5.69 Å². The number of hydrogen-bond acceptors (Lipinski definition) is 4. The zero-order valence-electron chi connectivity index (χ0n) is 13.3. The Balaban J connectivity index is 1.79. The maximum atomic E-state index is 12.5. The lowest BCUT2D eigenvalue weighted by Crippen LogP contribution is -2.15. The van der Waals surface area contributed by atoms with Gasteiger partial charge in [-0.3, -0.25) is 4.79 Å². The molecule has 1 aromatic carbocycles. The van der Waals surface area contributed by atoms with Crippen LogP contribution in [0.15, 0.2) is 58.2 Å². The SMILES string of the molecule is COC1=C(C)C=C2C=C(C(=O)Nc3ccccc3C(=O)O)SC2C1. The van der Waals surface area contributed by atoms with Crippen molar-refractivity contribution in [1.82, 2.24) is 0 Å². The van der Waals surface area contributed by atoms with E-state index < -0.39 is 5.97 Å². The van der Waals surface area contributed by atoms with E-state index in [-0.39, 0.29) is 16.7 Å². The Morgan fingerprint density at radius 1 is 1.29 bits per heavy atom. The molecule has 0 saturated carbocycles. The number of para-hydroxylation sites is 1. The molecule has 0 spiro atoms. The van der Waals surface area contributed by atoms with Crippen molar-refractivity contribution in [3.63, 3.8) is 0 Å². The number of benzene rings is 1. The molecule has 6 heteroatoms. The van der Waals surface area contributed by atoms with Crippen LogP contribution in [0, 0.1) is 0 Å². The fourth-order valence-electron chi connectivity index (χ4n) is 2.78. The van der Waals surface area contributed by atoms with Crippen LogP contribution in [0.2, 0.25) is 0 Å². The summed E-state index contributed by atoms with van der Waals surface area (Å²) in [6.45, 7) is 1.99. The molecule has 1 unspecified atom stereocenters. The van der Waals surface area contributed by atoms with Crippen molar-refractivity contribution in [1.29, 1.82) is 0 Å². The molecule has 0 aromatic heterocycles. The number of allylic oxidation sites excluding steroid dienone is 4. The number of carboxylic acid groups (broad SMARTS) is 1. The molecule has 1 aromatic rings. The van der Waals surface area contributed by atoms with Gasteiger partial charge >= 0.3 is 5.97 Å². The van der Waals surface area contributed by atoms with Crippen LogP contribution in [-0.2, 0) is 9.53 Å². The van der Waals surface area contributed by atoms with E-state index in [1.165, 1.54) is 17.8 Å². The molecule has 0 fully saturated rings. The van der Waals surface area contributed by atoms with Gasteiger partial charge in [0.15, 0.2) is 0 Å². The molecular weight excluding hydrogens is 326 g/mol. The van der Waals surface area contributed by atoms with Crippen molar-refractivity contribution < 1.29 is 19.4 Å². The average Bonchev–Trinajstić information content (AvgIpc) is 2.97. The zero-order valence-corrected chi connectivity index (χ0v) is 14.1. The number of aromatic carboxylic acids is 1. The lowest BCUT2D eigenvalue weighted by atomic mass is 9.98. The molecule has 1 heterocycles. The van der Waals surface area contributed by atoms with Crippen LogP contribution in [-0.4, -0.2) is 29.3 Å². The molecule has 5 nitrogen and oxygen atoms in total. The van der Waals surface area contributed by atoms with Crippen LogP contribution in [0.3, 0.4) is 0 Å². The number of amides is 1. The molecule has 1 atom stereocenters. The van der Waals surface area contributed by atoms with Crippen molar-refractivity contribution in [3.05, 3.63) is 63.8 Å². The molecule has 3 rings (SSSR count). The number of rotatable bonds is 4. The Hall–Kier alpha value is -2.47. The van der Waals surface area contributed by atoms with E-state index in [0.717, 1.165) is 23.3 Å². The van der Waals surface area contributed by atoms with Crippen molar-refractivity contribution in [3.8, 4) is 0 Å². The van der Waals surface area contributed by atoms with E-state index in [1.54, 1.807) is 25.3 Å². The van der Waals surface area contributed by atoms with Crippen molar-refractivity contribution in [2.24, 2.45) is 0 Å².